The summed E-state index contributed by atoms with van der Waals surface area (Å²) in [6.45, 7) is 1.74. The lowest BCUT2D eigenvalue weighted by Crippen LogP contribution is -2.57. The number of primary amides is 1. The lowest BCUT2D eigenvalue weighted by Gasteiger charge is -2.55. The van der Waals surface area contributed by atoms with Crippen molar-refractivity contribution in [3.63, 3.8) is 0 Å². The van der Waals surface area contributed by atoms with E-state index in [9.17, 15) is 9.59 Å². The van der Waals surface area contributed by atoms with Crippen molar-refractivity contribution in [2.75, 3.05) is 0 Å². The molecule has 0 radical (unpaired) electrons. The number of hydrogen-bond acceptors (Lipinski definition) is 3. The molecule has 22 heavy (non-hydrogen) atoms. The maximum absolute atomic E-state index is 12.9. The fourth-order valence-electron chi connectivity index (χ4n) is 5.35. The first-order valence-corrected chi connectivity index (χ1v) is 8.42. The molecule has 3 N–H and O–H groups in total. The number of carbonyl (C=O) groups excluding carboxylic acids is 2. The number of nitriles is 1. The second-order valence-electron chi connectivity index (χ2n) is 7.89. The van der Waals surface area contributed by atoms with Gasteiger partial charge in [-0.1, -0.05) is 0 Å². The second-order valence-corrected chi connectivity index (χ2v) is 7.89. The SMILES string of the molecule is C[C@@H](C#N)C[C@@H](NC(=O)C12CC3CC(CC(C3)C1)C2)C(N)=O. The molecule has 0 unspecified atom stereocenters. The summed E-state index contributed by atoms with van der Waals surface area (Å²) < 4.78 is 0. The van der Waals surface area contributed by atoms with Crippen LogP contribution in [-0.2, 0) is 9.59 Å². The molecular formula is C17H25N3O2. The van der Waals surface area contributed by atoms with Crippen LogP contribution in [0.25, 0.3) is 0 Å². The number of rotatable bonds is 5. The van der Waals surface area contributed by atoms with Gasteiger partial charge in [0.05, 0.1) is 6.07 Å². The van der Waals surface area contributed by atoms with Gasteiger partial charge in [0, 0.05) is 11.3 Å². The Kier molecular flexibility index (Phi) is 3.88. The molecule has 0 aliphatic heterocycles. The predicted octanol–water partition coefficient (Wildman–Crippen LogP) is 1.72. The number of nitrogens with zero attached hydrogens (tertiary/aromatic N) is 1. The van der Waals surface area contributed by atoms with Crippen LogP contribution in [0.15, 0.2) is 0 Å². The van der Waals surface area contributed by atoms with Crippen LogP contribution < -0.4 is 11.1 Å². The summed E-state index contributed by atoms with van der Waals surface area (Å²) in [6, 6.07) is 1.37. The van der Waals surface area contributed by atoms with Gasteiger partial charge in [-0.3, -0.25) is 9.59 Å². The molecule has 4 bridgehead atoms. The molecule has 0 spiro atoms. The number of carbonyl (C=O) groups is 2. The average molecular weight is 303 g/mol. The van der Waals surface area contributed by atoms with Crippen LogP contribution in [-0.4, -0.2) is 17.9 Å². The van der Waals surface area contributed by atoms with Crippen LogP contribution in [0.5, 0.6) is 0 Å². The molecule has 0 aromatic rings. The molecule has 5 nitrogen and oxygen atoms in total. The van der Waals surface area contributed by atoms with Crippen LogP contribution in [0.4, 0.5) is 0 Å². The summed E-state index contributed by atoms with van der Waals surface area (Å²) >= 11 is 0. The third-order valence-electron chi connectivity index (χ3n) is 5.98. The van der Waals surface area contributed by atoms with E-state index in [0.29, 0.717) is 24.2 Å². The molecule has 4 aliphatic carbocycles. The van der Waals surface area contributed by atoms with Gasteiger partial charge in [-0.15, -0.1) is 0 Å². The molecule has 5 heteroatoms. The average Bonchev–Trinajstić information content (AvgIpc) is 2.44. The van der Waals surface area contributed by atoms with E-state index in [2.05, 4.69) is 11.4 Å². The zero-order chi connectivity index (χ0) is 15.9. The molecule has 4 rings (SSSR count). The van der Waals surface area contributed by atoms with Crippen LogP contribution in [0.3, 0.4) is 0 Å². The Bertz CT molecular complexity index is 487. The van der Waals surface area contributed by atoms with Crippen molar-refractivity contribution >= 4 is 11.8 Å². The van der Waals surface area contributed by atoms with E-state index in [-0.39, 0.29) is 17.2 Å². The highest BCUT2D eigenvalue weighted by atomic mass is 16.2. The Morgan fingerprint density at radius 1 is 1.23 bits per heavy atom. The van der Waals surface area contributed by atoms with Gasteiger partial charge in [0.2, 0.25) is 11.8 Å². The fourth-order valence-corrected chi connectivity index (χ4v) is 5.35. The summed E-state index contributed by atoms with van der Waals surface area (Å²) in [5.41, 5.74) is 5.14. The standard InChI is InChI=1S/C17H25N3O2/c1-10(9-18)2-14(15(19)21)20-16(22)17-6-11-3-12(7-17)5-13(4-11)8-17/h10-14H,2-8H2,1H3,(H2,19,21)(H,20,22)/t10-,11?,12?,13?,14-,17?/m1/s1. The Morgan fingerprint density at radius 3 is 2.14 bits per heavy atom. The van der Waals surface area contributed by atoms with Crippen molar-refractivity contribution in [3.05, 3.63) is 0 Å². The number of nitrogens with two attached hydrogens (primary N) is 1. The zero-order valence-electron chi connectivity index (χ0n) is 13.2. The first-order chi connectivity index (χ1) is 10.4. The van der Waals surface area contributed by atoms with E-state index in [0.717, 1.165) is 19.3 Å². The van der Waals surface area contributed by atoms with E-state index < -0.39 is 11.9 Å². The van der Waals surface area contributed by atoms with Crippen LogP contribution in [0.1, 0.15) is 51.9 Å². The Morgan fingerprint density at radius 2 is 1.73 bits per heavy atom. The van der Waals surface area contributed by atoms with E-state index >= 15 is 0 Å². The first kappa shape index (κ1) is 15.3. The summed E-state index contributed by atoms with van der Waals surface area (Å²) in [5.74, 6) is 1.21. The monoisotopic (exact) mass is 303 g/mol. The number of hydrogen-bond donors (Lipinski definition) is 2. The van der Waals surface area contributed by atoms with Gasteiger partial charge < -0.3 is 11.1 Å². The second kappa shape index (κ2) is 5.57. The first-order valence-electron chi connectivity index (χ1n) is 8.42. The Labute approximate surface area is 131 Å². The maximum Gasteiger partial charge on any atom is 0.240 e. The van der Waals surface area contributed by atoms with Gasteiger partial charge in [-0.05, 0) is 69.6 Å². The lowest BCUT2D eigenvalue weighted by molar-refractivity contribution is -0.148. The molecular weight excluding hydrogens is 278 g/mol. The van der Waals surface area contributed by atoms with Crippen LogP contribution in [0, 0.1) is 40.4 Å². The molecule has 4 aliphatic rings. The molecule has 0 aromatic carbocycles. The fraction of sp³-hybridized carbons (Fsp3) is 0.824. The molecule has 2 atom stereocenters. The van der Waals surface area contributed by atoms with Gasteiger partial charge in [0.25, 0.3) is 0 Å². The largest absolute Gasteiger partial charge is 0.368 e. The van der Waals surface area contributed by atoms with Crippen molar-refractivity contribution in [2.24, 2.45) is 34.8 Å². The highest BCUT2D eigenvalue weighted by Crippen LogP contribution is 2.60. The smallest absolute Gasteiger partial charge is 0.240 e. The molecule has 4 saturated carbocycles. The van der Waals surface area contributed by atoms with Crippen molar-refractivity contribution in [2.45, 2.75) is 57.9 Å². The summed E-state index contributed by atoms with van der Waals surface area (Å²) in [4.78, 5) is 24.5. The summed E-state index contributed by atoms with van der Waals surface area (Å²) in [7, 11) is 0. The topological polar surface area (TPSA) is 96.0 Å². The molecule has 0 aromatic heterocycles. The molecule has 0 heterocycles. The van der Waals surface area contributed by atoms with Crippen LogP contribution in [0.2, 0.25) is 0 Å². The predicted molar refractivity (Wildman–Crippen MR) is 81.1 cm³/mol. The van der Waals surface area contributed by atoms with Gasteiger partial charge in [-0.25, -0.2) is 0 Å². The van der Waals surface area contributed by atoms with Crippen molar-refractivity contribution < 1.29 is 9.59 Å². The van der Waals surface area contributed by atoms with Gasteiger partial charge >= 0.3 is 0 Å². The maximum atomic E-state index is 12.9. The van der Waals surface area contributed by atoms with E-state index in [1.54, 1.807) is 6.92 Å². The third-order valence-corrected chi connectivity index (χ3v) is 5.98. The van der Waals surface area contributed by atoms with E-state index in [1.807, 2.05) is 0 Å². The molecule has 2 amide bonds. The zero-order valence-corrected chi connectivity index (χ0v) is 13.2. The number of amides is 2. The minimum atomic E-state index is -0.727. The summed E-state index contributed by atoms with van der Waals surface area (Å²) in [6.07, 6.45) is 7.01. The quantitative estimate of drug-likeness (QED) is 0.809. The van der Waals surface area contributed by atoms with Crippen molar-refractivity contribution in [3.8, 4) is 6.07 Å². The van der Waals surface area contributed by atoms with E-state index in [4.69, 9.17) is 11.0 Å². The molecule has 4 fully saturated rings. The lowest BCUT2D eigenvalue weighted by atomic mass is 9.49. The van der Waals surface area contributed by atoms with Gasteiger partial charge in [-0.2, -0.15) is 5.26 Å². The van der Waals surface area contributed by atoms with Crippen molar-refractivity contribution in [1.29, 1.82) is 5.26 Å². The molecule has 120 valence electrons. The van der Waals surface area contributed by atoms with Crippen molar-refractivity contribution in [1.82, 2.24) is 5.32 Å². The third kappa shape index (κ3) is 2.71. The highest BCUT2D eigenvalue weighted by Gasteiger charge is 2.54. The Balaban J connectivity index is 1.70. The highest BCUT2D eigenvalue weighted by molar-refractivity contribution is 5.89. The normalized spacial score (nSPS) is 38.1. The minimum absolute atomic E-state index is 0.000500. The minimum Gasteiger partial charge on any atom is -0.368 e. The van der Waals surface area contributed by atoms with Gasteiger partial charge in [0.1, 0.15) is 6.04 Å². The van der Waals surface area contributed by atoms with Crippen LogP contribution >= 0.6 is 0 Å². The summed E-state index contributed by atoms with van der Waals surface area (Å²) in [5, 5.41) is 11.8. The van der Waals surface area contributed by atoms with E-state index in [1.165, 1.54) is 19.3 Å². The number of nitrogens with one attached hydrogen (secondary N) is 1. The molecule has 0 saturated heterocycles. The Hall–Kier alpha value is -1.57. The van der Waals surface area contributed by atoms with Gasteiger partial charge in [0.15, 0.2) is 0 Å².